The number of ether oxygens (including phenoxy) is 1. The number of hydrogen-bond acceptors (Lipinski definition) is 4. The first-order chi connectivity index (χ1) is 9.02. The van der Waals surface area contributed by atoms with Crippen molar-refractivity contribution in [3.8, 4) is 5.75 Å². The number of nitrogens with one attached hydrogen (secondary N) is 1. The minimum absolute atomic E-state index is 0.222. The molecule has 2 rings (SSSR count). The summed E-state index contributed by atoms with van der Waals surface area (Å²) < 4.78 is 5.24. The summed E-state index contributed by atoms with van der Waals surface area (Å²) in [4.78, 5) is 2.68. The molecule has 3 nitrogen and oxygen atoms in total. The Labute approximate surface area is 118 Å². The zero-order chi connectivity index (χ0) is 14.0. The number of para-hydroxylation sites is 1. The van der Waals surface area contributed by atoms with Crippen molar-refractivity contribution in [2.75, 3.05) is 18.2 Å². The van der Waals surface area contributed by atoms with Crippen LogP contribution in [0.3, 0.4) is 0 Å². The van der Waals surface area contributed by atoms with Gasteiger partial charge in [0.15, 0.2) is 0 Å². The van der Waals surface area contributed by atoms with Crippen LogP contribution in [0.5, 0.6) is 5.75 Å². The number of aryl methyl sites for hydroxylation is 2. The number of methoxy groups -OCH3 is 1. The maximum Gasteiger partial charge on any atom is 0.143 e. The van der Waals surface area contributed by atoms with E-state index in [1.807, 2.05) is 29.5 Å². The average molecular weight is 276 g/mol. The Morgan fingerprint density at radius 3 is 2.63 bits per heavy atom. The maximum atomic E-state index is 6.08. The van der Waals surface area contributed by atoms with Gasteiger partial charge in [-0.25, -0.2) is 0 Å². The third kappa shape index (κ3) is 2.84. The molecule has 1 heterocycles. The van der Waals surface area contributed by atoms with Crippen molar-refractivity contribution < 1.29 is 4.74 Å². The summed E-state index contributed by atoms with van der Waals surface area (Å²) in [7, 11) is 1.63. The van der Waals surface area contributed by atoms with Gasteiger partial charge in [0.1, 0.15) is 5.75 Å². The molecule has 0 aliphatic carbocycles. The van der Waals surface area contributed by atoms with Crippen LogP contribution in [0.2, 0.25) is 0 Å². The van der Waals surface area contributed by atoms with E-state index in [1.54, 1.807) is 7.11 Å². The topological polar surface area (TPSA) is 47.3 Å². The Kier molecular flexibility index (Phi) is 4.00. The molecule has 0 amide bonds. The van der Waals surface area contributed by atoms with E-state index in [2.05, 4.69) is 32.2 Å². The van der Waals surface area contributed by atoms with E-state index in [0.717, 1.165) is 5.69 Å². The lowest BCUT2D eigenvalue weighted by atomic mass is 10.1. The van der Waals surface area contributed by atoms with E-state index in [-0.39, 0.29) is 6.04 Å². The molecule has 0 aliphatic heterocycles. The molecule has 1 unspecified atom stereocenters. The highest BCUT2D eigenvalue weighted by Crippen LogP contribution is 2.33. The smallest absolute Gasteiger partial charge is 0.143 e. The molecule has 2 aromatic rings. The Bertz CT molecular complexity index is 578. The zero-order valence-electron chi connectivity index (χ0n) is 11.8. The van der Waals surface area contributed by atoms with Crippen molar-refractivity contribution >= 4 is 22.7 Å². The fraction of sp³-hybridized carbons (Fsp3) is 0.333. The molecule has 0 radical (unpaired) electrons. The van der Waals surface area contributed by atoms with E-state index in [1.165, 1.54) is 15.3 Å². The Morgan fingerprint density at radius 2 is 2.05 bits per heavy atom. The van der Waals surface area contributed by atoms with Crippen molar-refractivity contribution in [3.05, 3.63) is 39.6 Å². The zero-order valence-corrected chi connectivity index (χ0v) is 12.6. The molecule has 0 saturated carbocycles. The molecule has 3 N–H and O–H groups in total. The van der Waals surface area contributed by atoms with Crippen molar-refractivity contribution in [3.63, 3.8) is 0 Å². The van der Waals surface area contributed by atoms with Crippen LogP contribution in [0, 0.1) is 13.8 Å². The number of nitrogens with two attached hydrogens (primary N) is 1. The number of anilines is 2. The number of benzene rings is 1. The van der Waals surface area contributed by atoms with Crippen LogP contribution in [0.1, 0.15) is 28.3 Å². The Hall–Kier alpha value is -1.68. The van der Waals surface area contributed by atoms with E-state index >= 15 is 0 Å². The van der Waals surface area contributed by atoms with Gasteiger partial charge in [-0.3, -0.25) is 0 Å². The molecule has 19 heavy (non-hydrogen) atoms. The summed E-state index contributed by atoms with van der Waals surface area (Å²) in [5.41, 5.74) is 8.97. The lowest BCUT2D eigenvalue weighted by Crippen LogP contribution is -2.09. The van der Waals surface area contributed by atoms with Crippen LogP contribution < -0.4 is 15.8 Å². The molecule has 1 aromatic heterocycles. The van der Waals surface area contributed by atoms with Gasteiger partial charge in [0.2, 0.25) is 0 Å². The number of hydrogen-bond donors (Lipinski definition) is 2. The lowest BCUT2D eigenvalue weighted by Gasteiger charge is -2.18. The van der Waals surface area contributed by atoms with Gasteiger partial charge in [0, 0.05) is 15.8 Å². The summed E-state index contributed by atoms with van der Waals surface area (Å²) in [5.74, 6) is 0.704. The fourth-order valence-corrected chi connectivity index (χ4v) is 3.26. The van der Waals surface area contributed by atoms with E-state index in [9.17, 15) is 0 Å². The first-order valence-electron chi connectivity index (χ1n) is 6.29. The van der Waals surface area contributed by atoms with Gasteiger partial charge in [0.05, 0.1) is 18.5 Å². The molecule has 4 heteroatoms. The number of nitrogen functional groups attached to an aromatic ring is 1. The summed E-state index contributed by atoms with van der Waals surface area (Å²) in [5, 5.41) is 3.46. The molecular weight excluding hydrogens is 256 g/mol. The van der Waals surface area contributed by atoms with E-state index in [4.69, 9.17) is 10.5 Å². The number of rotatable bonds is 4. The van der Waals surface area contributed by atoms with Crippen molar-refractivity contribution in [1.29, 1.82) is 0 Å². The van der Waals surface area contributed by atoms with Crippen LogP contribution in [-0.2, 0) is 0 Å². The third-order valence-electron chi connectivity index (χ3n) is 3.20. The molecule has 1 aromatic carbocycles. The normalized spacial score (nSPS) is 12.2. The van der Waals surface area contributed by atoms with Crippen molar-refractivity contribution in [2.24, 2.45) is 0 Å². The van der Waals surface area contributed by atoms with Gasteiger partial charge in [-0.2, -0.15) is 0 Å². The molecule has 0 saturated heterocycles. The highest BCUT2D eigenvalue weighted by molar-refractivity contribution is 7.12. The van der Waals surface area contributed by atoms with Crippen LogP contribution >= 0.6 is 11.3 Å². The second kappa shape index (κ2) is 5.53. The fourth-order valence-electron chi connectivity index (χ4n) is 2.24. The molecule has 1 atom stereocenters. The Balaban J connectivity index is 2.24. The second-order valence-electron chi connectivity index (χ2n) is 4.66. The van der Waals surface area contributed by atoms with E-state index < -0.39 is 0 Å². The van der Waals surface area contributed by atoms with Gasteiger partial charge in [-0.15, -0.1) is 11.3 Å². The van der Waals surface area contributed by atoms with Crippen LogP contribution in [0.15, 0.2) is 24.3 Å². The van der Waals surface area contributed by atoms with Gasteiger partial charge in [-0.1, -0.05) is 6.07 Å². The van der Waals surface area contributed by atoms with Crippen molar-refractivity contribution in [1.82, 2.24) is 0 Å². The van der Waals surface area contributed by atoms with E-state index in [0.29, 0.717) is 11.4 Å². The third-order valence-corrected chi connectivity index (χ3v) is 4.19. The second-order valence-corrected chi connectivity index (χ2v) is 6.12. The predicted octanol–water partition coefficient (Wildman–Crippen LogP) is 4.13. The summed E-state index contributed by atoms with van der Waals surface area (Å²) in [6.07, 6.45) is 0. The highest BCUT2D eigenvalue weighted by Gasteiger charge is 2.13. The quantitative estimate of drug-likeness (QED) is 0.825. The van der Waals surface area contributed by atoms with Gasteiger partial charge in [0.25, 0.3) is 0 Å². The summed E-state index contributed by atoms with van der Waals surface area (Å²) >= 11 is 1.82. The lowest BCUT2D eigenvalue weighted by molar-refractivity contribution is 0.417. The molecule has 0 fully saturated rings. The van der Waals surface area contributed by atoms with Crippen molar-refractivity contribution in [2.45, 2.75) is 26.8 Å². The first kappa shape index (κ1) is 13.7. The number of thiophene rings is 1. The van der Waals surface area contributed by atoms with Crippen LogP contribution in [0.25, 0.3) is 0 Å². The highest BCUT2D eigenvalue weighted by atomic mass is 32.1. The maximum absolute atomic E-state index is 6.08. The first-order valence-corrected chi connectivity index (χ1v) is 7.10. The summed E-state index contributed by atoms with van der Waals surface area (Å²) in [6.45, 7) is 6.43. The molecule has 0 aliphatic rings. The minimum Gasteiger partial charge on any atom is -0.495 e. The van der Waals surface area contributed by atoms with Crippen LogP contribution in [0.4, 0.5) is 11.4 Å². The SMILES string of the molecule is COc1cccc(NC(C)c2cc(C)sc2C)c1N. The molecular formula is C15H20N2OS. The predicted molar refractivity (Wildman–Crippen MR) is 83.2 cm³/mol. The van der Waals surface area contributed by atoms with Gasteiger partial charge >= 0.3 is 0 Å². The van der Waals surface area contributed by atoms with Gasteiger partial charge < -0.3 is 15.8 Å². The average Bonchev–Trinajstić information content (AvgIpc) is 2.71. The van der Waals surface area contributed by atoms with Crippen LogP contribution in [-0.4, -0.2) is 7.11 Å². The monoisotopic (exact) mass is 276 g/mol. The largest absolute Gasteiger partial charge is 0.495 e. The Morgan fingerprint density at radius 1 is 1.32 bits per heavy atom. The standard InChI is InChI=1S/C15H20N2OS/c1-9-8-12(11(3)19-9)10(2)17-13-6-5-7-14(18-4)15(13)16/h5-8,10,17H,16H2,1-4H3. The molecule has 0 spiro atoms. The minimum atomic E-state index is 0.222. The summed E-state index contributed by atoms with van der Waals surface area (Å²) in [6, 6.07) is 8.23. The molecule has 0 bridgehead atoms. The van der Waals surface area contributed by atoms with Gasteiger partial charge in [-0.05, 0) is 44.5 Å². The molecule has 102 valence electrons.